The molecule has 6 heteroatoms. The van der Waals surface area contributed by atoms with Gasteiger partial charge in [-0.2, -0.15) is 0 Å². The lowest BCUT2D eigenvalue weighted by Gasteiger charge is -2.32. The minimum absolute atomic E-state index is 0.0983. The summed E-state index contributed by atoms with van der Waals surface area (Å²) in [6, 6.07) is 56.9. The Bertz CT molecular complexity index is 2850. The highest BCUT2D eigenvalue weighted by molar-refractivity contribution is 8.11. The van der Waals surface area contributed by atoms with Crippen LogP contribution < -0.4 is 10.6 Å². The molecule has 2 N–H and O–H groups in total. The van der Waals surface area contributed by atoms with Gasteiger partial charge < -0.3 is 9.88 Å². The second-order valence-corrected chi connectivity index (χ2v) is 16.4. The first-order valence-electron chi connectivity index (χ1n) is 18.9. The van der Waals surface area contributed by atoms with Crippen LogP contribution in [0.25, 0.3) is 49.4 Å². The maximum Gasteiger partial charge on any atom is 0.131 e. The Morgan fingerprint density at radius 3 is 2.04 bits per heavy atom. The molecule has 0 saturated carbocycles. The molecule has 7 aromatic carbocycles. The standard InChI is InChI=1S/C49H36N4S2/c1-3-12-34(13-4-1)47-50-48(35-14-5-2-6-15-35)52-49(51-47)36-21-19-31(20-22-36)32-23-26-37(27-24-32)53-40-29-30-43-46(55-42-18-10-9-17-41(42)54-43)44(40)39-28-25-33-11-7-8-16-38(33)45(39)53/h1-8,11-30,47,49,51H,9-10H2,(H,50,52). The van der Waals surface area contributed by atoms with Crippen LogP contribution in [-0.4, -0.2) is 10.4 Å². The predicted octanol–water partition coefficient (Wildman–Crippen LogP) is 12.7. The zero-order valence-electron chi connectivity index (χ0n) is 29.9. The van der Waals surface area contributed by atoms with Gasteiger partial charge in [0.1, 0.15) is 18.2 Å². The lowest BCUT2D eigenvalue weighted by Crippen LogP contribution is -2.44. The van der Waals surface area contributed by atoms with E-state index in [-0.39, 0.29) is 12.3 Å². The molecule has 264 valence electrons. The number of aliphatic imine (C=N–C) groups is 1. The van der Waals surface area contributed by atoms with E-state index in [0.29, 0.717) is 0 Å². The van der Waals surface area contributed by atoms with Crippen LogP contribution in [-0.2, 0) is 0 Å². The number of fused-ring (bicyclic) bond motifs is 8. The fourth-order valence-electron chi connectivity index (χ4n) is 8.26. The molecule has 55 heavy (non-hydrogen) atoms. The van der Waals surface area contributed by atoms with Crippen LogP contribution in [0, 0.1) is 0 Å². The van der Waals surface area contributed by atoms with Crippen LogP contribution in [0.15, 0.2) is 194 Å². The van der Waals surface area contributed by atoms with E-state index in [2.05, 4.69) is 173 Å². The van der Waals surface area contributed by atoms with Crippen molar-refractivity contribution in [3.05, 3.63) is 196 Å². The number of benzene rings is 7. The van der Waals surface area contributed by atoms with Gasteiger partial charge in [0.25, 0.3) is 0 Å². The number of hydrogen-bond acceptors (Lipinski definition) is 5. The van der Waals surface area contributed by atoms with Crippen molar-refractivity contribution in [2.45, 2.75) is 35.0 Å². The summed E-state index contributed by atoms with van der Waals surface area (Å²) >= 11 is 3.88. The second-order valence-electron chi connectivity index (χ2n) is 14.3. The van der Waals surface area contributed by atoms with E-state index in [1.807, 2.05) is 35.7 Å². The summed E-state index contributed by atoms with van der Waals surface area (Å²) in [5.41, 5.74) is 9.43. The topological polar surface area (TPSA) is 41.4 Å². The van der Waals surface area contributed by atoms with Crippen LogP contribution in [0.2, 0.25) is 0 Å². The molecule has 0 amide bonds. The van der Waals surface area contributed by atoms with Gasteiger partial charge in [-0.25, -0.2) is 4.99 Å². The molecule has 2 atom stereocenters. The van der Waals surface area contributed by atoms with E-state index in [4.69, 9.17) is 4.99 Å². The van der Waals surface area contributed by atoms with Crippen LogP contribution in [0.5, 0.6) is 0 Å². The van der Waals surface area contributed by atoms with Crippen molar-refractivity contribution >= 4 is 61.9 Å². The molecule has 0 radical (unpaired) electrons. The zero-order chi connectivity index (χ0) is 36.3. The molecule has 3 aliphatic rings. The number of thioether (sulfide) groups is 2. The average Bonchev–Trinajstić information content (AvgIpc) is 3.62. The first-order chi connectivity index (χ1) is 27.2. The summed E-state index contributed by atoms with van der Waals surface area (Å²) in [5.74, 6) is 0.890. The van der Waals surface area contributed by atoms with E-state index in [9.17, 15) is 0 Å². The van der Waals surface area contributed by atoms with Crippen molar-refractivity contribution in [1.82, 2.24) is 15.2 Å². The summed E-state index contributed by atoms with van der Waals surface area (Å²) in [6.07, 6.45) is 6.83. The van der Waals surface area contributed by atoms with Crippen molar-refractivity contribution in [3.8, 4) is 16.8 Å². The summed E-state index contributed by atoms with van der Waals surface area (Å²) in [7, 11) is 0. The minimum atomic E-state index is -0.158. The van der Waals surface area contributed by atoms with E-state index >= 15 is 0 Å². The number of amidine groups is 1. The summed E-state index contributed by atoms with van der Waals surface area (Å²) < 4.78 is 2.49. The molecule has 1 aliphatic carbocycles. The van der Waals surface area contributed by atoms with Crippen molar-refractivity contribution in [1.29, 1.82) is 0 Å². The number of hydrogen-bond donors (Lipinski definition) is 2. The molecule has 0 bridgehead atoms. The fourth-order valence-corrected chi connectivity index (χ4v) is 10.8. The van der Waals surface area contributed by atoms with E-state index in [0.717, 1.165) is 41.1 Å². The fraction of sp³-hybridized carbons (Fsp3) is 0.0816. The maximum atomic E-state index is 5.07. The number of rotatable bonds is 5. The number of aromatic nitrogens is 1. The smallest absolute Gasteiger partial charge is 0.131 e. The highest BCUT2D eigenvalue weighted by Gasteiger charge is 2.27. The van der Waals surface area contributed by atoms with Crippen molar-refractivity contribution in [2.24, 2.45) is 4.99 Å². The summed E-state index contributed by atoms with van der Waals surface area (Å²) in [4.78, 5) is 10.6. The predicted molar refractivity (Wildman–Crippen MR) is 232 cm³/mol. The van der Waals surface area contributed by atoms with Gasteiger partial charge in [0.15, 0.2) is 0 Å². The first kappa shape index (κ1) is 32.6. The van der Waals surface area contributed by atoms with Crippen LogP contribution in [0.3, 0.4) is 0 Å². The zero-order valence-corrected chi connectivity index (χ0v) is 31.6. The maximum absolute atomic E-state index is 5.07. The normalized spacial score (nSPS) is 17.9. The highest BCUT2D eigenvalue weighted by Crippen LogP contribution is 2.55. The molecule has 2 aliphatic heterocycles. The van der Waals surface area contributed by atoms with Crippen LogP contribution >= 0.6 is 23.5 Å². The van der Waals surface area contributed by atoms with Gasteiger partial charge in [-0.3, -0.25) is 5.32 Å². The highest BCUT2D eigenvalue weighted by atomic mass is 32.2. The first-order valence-corrected chi connectivity index (χ1v) is 20.6. The molecular formula is C49H36N4S2. The van der Waals surface area contributed by atoms with Gasteiger partial charge in [-0.1, -0.05) is 169 Å². The summed E-state index contributed by atoms with van der Waals surface area (Å²) in [6.45, 7) is 0. The molecule has 1 aromatic heterocycles. The van der Waals surface area contributed by atoms with Crippen molar-refractivity contribution in [2.75, 3.05) is 0 Å². The third-order valence-electron chi connectivity index (χ3n) is 11.0. The molecular weight excluding hydrogens is 709 g/mol. The Labute approximate surface area is 328 Å². The van der Waals surface area contributed by atoms with Gasteiger partial charge in [0, 0.05) is 47.0 Å². The Hall–Kier alpha value is -5.79. The van der Waals surface area contributed by atoms with E-state index in [1.165, 1.54) is 63.3 Å². The van der Waals surface area contributed by atoms with Gasteiger partial charge in [0.05, 0.1) is 11.0 Å². The lowest BCUT2D eigenvalue weighted by molar-refractivity contribution is 0.409. The number of nitrogens with one attached hydrogen (secondary N) is 2. The van der Waals surface area contributed by atoms with Gasteiger partial charge in [-0.05, 0) is 64.7 Å². The quantitative estimate of drug-likeness (QED) is 0.184. The SMILES string of the molecule is C1=C2Sc3ccc4c(c3SC2=CCC1)c1ccc2ccccc2c1n4-c1ccc(-c2ccc(C3NC(c4ccccc4)=NC(c4ccccc4)N3)cc2)cc1. The second kappa shape index (κ2) is 13.5. The molecule has 0 spiro atoms. The van der Waals surface area contributed by atoms with Gasteiger partial charge in [0.2, 0.25) is 0 Å². The summed E-state index contributed by atoms with van der Waals surface area (Å²) in [5, 5.41) is 12.6. The largest absolute Gasteiger partial charge is 0.350 e. The lowest BCUT2D eigenvalue weighted by atomic mass is 10.0. The van der Waals surface area contributed by atoms with Crippen molar-refractivity contribution < 1.29 is 0 Å². The Morgan fingerprint density at radius 1 is 0.564 bits per heavy atom. The Balaban J connectivity index is 0.953. The molecule has 2 unspecified atom stereocenters. The molecule has 3 heterocycles. The molecule has 8 aromatic rings. The molecule has 11 rings (SSSR count). The van der Waals surface area contributed by atoms with E-state index in [1.54, 1.807) is 0 Å². The molecule has 0 saturated heterocycles. The molecule has 4 nitrogen and oxygen atoms in total. The van der Waals surface area contributed by atoms with Gasteiger partial charge in [-0.15, -0.1) is 0 Å². The third kappa shape index (κ3) is 5.72. The third-order valence-corrected chi connectivity index (χ3v) is 13.6. The van der Waals surface area contributed by atoms with Gasteiger partial charge >= 0.3 is 0 Å². The Morgan fingerprint density at radius 2 is 1.25 bits per heavy atom. The van der Waals surface area contributed by atoms with Crippen LogP contribution in [0.4, 0.5) is 0 Å². The number of nitrogens with zero attached hydrogens (tertiary/aromatic N) is 2. The molecule has 0 fully saturated rings. The van der Waals surface area contributed by atoms with Crippen LogP contribution in [0.1, 0.15) is 41.9 Å². The average molecular weight is 745 g/mol. The van der Waals surface area contributed by atoms with E-state index < -0.39 is 0 Å². The van der Waals surface area contributed by atoms with Crippen molar-refractivity contribution in [3.63, 3.8) is 0 Å². The Kier molecular flexibility index (Phi) is 8.01. The minimum Gasteiger partial charge on any atom is -0.350 e. The monoisotopic (exact) mass is 744 g/mol. The number of allylic oxidation sites excluding steroid dienone is 2.